The summed E-state index contributed by atoms with van der Waals surface area (Å²) in [6.45, 7) is 6.55. The molecule has 0 saturated carbocycles. The maximum absolute atomic E-state index is 12.9. The average Bonchev–Trinajstić information content (AvgIpc) is 3.43. The Kier molecular flexibility index (Phi) is 63.2. The molecule has 0 amide bonds. The fourth-order valence-corrected chi connectivity index (χ4v) is 10.0. The SMILES string of the molecule is CC/C=C\C/C=C\C/C=C\C/C=C\C/C=C\CCCCCCCCCCCCCC(=O)OCC(COC(=O)CCCCCCCCCC)OC(=O)CCCCCCCCCCCCCCCCCCCCCCCCCC. The van der Waals surface area contributed by atoms with Crippen molar-refractivity contribution in [3.63, 3.8) is 0 Å². The van der Waals surface area contributed by atoms with Crippen LogP contribution in [0, 0.1) is 0 Å². The summed E-state index contributed by atoms with van der Waals surface area (Å²) in [5, 5.41) is 0. The Morgan fingerprint density at radius 2 is 0.506 bits per heavy atom. The predicted molar refractivity (Wildman–Crippen MR) is 335 cm³/mol. The summed E-state index contributed by atoms with van der Waals surface area (Å²) in [4.78, 5) is 38.2. The molecular formula is C71H128O6. The van der Waals surface area contributed by atoms with Crippen molar-refractivity contribution in [2.24, 2.45) is 0 Å². The van der Waals surface area contributed by atoms with E-state index in [1.54, 1.807) is 0 Å². The molecule has 448 valence electrons. The molecule has 0 aromatic rings. The molecule has 0 bridgehead atoms. The highest BCUT2D eigenvalue weighted by Crippen LogP contribution is 2.18. The van der Waals surface area contributed by atoms with Crippen molar-refractivity contribution in [3.8, 4) is 0 Å². The van der Waals surface area contributed by atoms with Crippen LogP contribution in [0.3, 0.4) is 0 Å². The molecule has 77 heavy (non-hydrogen) atoms. The van der Waals surface area contributed by atoms with Gasteiger partial charge in [-0.2, -0.15) is 0 Å². The average molecular weight is 1080 g/mol. The van der Waals surface area contributed by atoms with Gasteiger partial charge < -0.3 is 14.2 Å². The Balaban J connectivity index is 4.12. The molecule has 0 aliphatic rings. The molecule has 1 unspecified atom stereocenters. The van der Waals surface area contributed by atoms with Gasteiger partial charge in [0.2, 0.25) is 0 Å². The summed E-state index contributed by atoms with van der Waals surface area (Å²) in [5.41, 5.74) is 0. The Hall–Kier alpha value is -2.89. The summed E-state index contributed by atoms with van der Waals surface area (Å²) >= 11 is 0. The van der Waals surface area contributed by atoms with Gasteiger partial charge >= 0.3 is 17.9 Å². The lowest BCUT2D eigenvalue weighted by Gasteiger charge is -2.18. The van der Waals surface area contributed by atoms with E-state index in [1.807, 2.05) is 0 Å². The number of hydrogen-bond donors (Lipinski definition) is 0. The van der Waals surface area contributed by atoms with Crippen molar-refractivity contribution in [1.29, 1.82) is 0 Å². The van der Waals surface area contributed by atoms with E-state index in [-0.39, 0.29) is 31.1 Å². The quantitative estimate of drug-likeness (QED) is 0.0261. The fraction of sp³-hybridized carbons (Fsp3) is 0.817. The van der Waals surface area contributed by atoms with E-state index in [1.165, 1.54) is 225 Å². The molecule has 0 aromatic heterocycles. The molecule has 0 rings (SSSR count). The molecule has 0 aromatic carbocycles. The Morgan fingerprint density at radius 3 is 0.792 bits per heavy atom. The van der Waals surface area contributed by atoms with Gasteiger partial charge in [0.25, 0.3) is 0 Å². The fourth-order valence-electron chi connectivity index (χ4n) is 10.0. The lowest BCUT2D eigenvalue weighted by atomic mass is 10.0. The summed E-state index contributed by atoms with van der Waals surface area (Å²) in [6.07, 6.45) is 84.0. The molecule has 0 aliphatic carbocycles. The first-order chi connectivity index (χ1) is 38.0. The van der Waals surface area contributed by atoms with Gasteiger partial charge in [-0.1, -0.05) is 332 Å². The molecule has 0 aliphatic heterocycles. The zero-order valence-corrected chi connectivity index (χ0v) is 51.5. The van der Waals surface area contributed by atoms with Gasteiger partial charge in [-0.15, -0.1) is 0 Å². The zero-order chi connectivity index (χ0) is 55.7. The summed E-state index contributed by atoms with van der Waals surface area (Å²) < 4.78 is 16.9. The molecular weight excluding hydrogens is 949 g/mol. The first-order valence-corrected chi connectivity index (χ1v) is 33.8. The van der Waals surface area contributed by atoms with Gasteiger partial charge in [0.1, 0.15) is 13.2 Å². The van der Waals surface area contributed by atoms with E-state index in [0.717, 1.165) is 89.9 Å². The Labute approximate surface area is 479 Å². The molecule has 0 fully saturated rings. The molecule has 0 saturated heterocycles. The van der Waals surface area contributed by atoms with Gasteiger partial charge in [-0.05, 0) is 64.2 Å². The lowest BCUT2D eigenvalue weighted by Crippen LogP contribution is -2.30. The Morgan fingerprint density at radius 1 is 0.273 bits per heavy atom. The maximum Gasteiger partial charge on any atom is 0.306 e. The third-order valence-electron chi connectivity index (χ3n) is 15.0. The second-order valence-electron chi connectivity index (χ2n) is 22.7. The molecule has 6 heteroatoms. The topological polar surface area (TPSA) is 78.9 Å². The predicted octanol–water partition coefficient (Wildman–Crippen LogP) is 23.1. The molecule has 1 atom stereocenters. The second kappa shape index (κ2) is 65.6. The largest absolute Gasteiger partial charge is 0.462 e. The van der Waals surface area contributed by atoms with Crippen LogP contribution in [0.1, 0.15) is 355 Å². The van der Waals surface area contributed by atoms with Crippen molar-refractivity contribution >= 4 is 17.9 Å². The minimum Gasteiger partial charge on any atom is -0.462 e. The second-order valence-corrected chi connectivity index (χ2v) is 22.7. The number of carbonyl (C=O) groups is 3. The summed E-state index contributed by atoms with van der Waals surface area (Å²) in [5.74, 6) is -0.856. The summed E-state index contributed by atoms with van der Waals surface area (Å²) in [7, 11) is 0. The van der Waals surface area contributed by atoms with Crippen molar-refractivity contribution in [1.82, 2.24) is 0 Å². The van der Waals surface area contributed by atoms with Crippen molar-refractivity contribution in [2.75, 3.05) is 13.2 Å². The van der Waals surface area contributed by atoms with Gasteiger partial charge in [0, 0.05) is 19.3 Å². The van der Waals surface area contributed by atoms with Gasteiger partial charge in [-0.25, -0.2) is 0 Å². The minimum atomic E-state index is -0.771. The van der Waals surface area contributed by atoms with Crippen LogP contribution in [-0.4, -0.2) is 37.2 Å². The standard InChI is InChI=1S/C71H128O6/c1-4-7-10-13-16-19-21-23-25-27-29-31-33-35-36-37-39-40-42-44-46-48-50-52-55-58-61-64-70(73)76-67-68(66-75-69(72)63-60-57-54-18-15-12-9-6-3)77-71(74)65-62-59-56-53-51-49-47-45-43-41-38-34-32-30-28-26-24-22-20-17-14-11-8-5-2/h7,10,16,19,23,25,29,31,35-36,68H,4-6,8-9,11-15,17-18,20-22,24,26-28,30,32-34,37-67H2,1-3H3/b10-7-,19-16-,25-23-,31-29-,36-35-. The first-order valence-electron chi connectivity index (χ1n) is 33.8. The van der Waals surface area contributed by atoms with Crippen LogP contribution in [0.25, 0.3) is 0 Å². The van der Waals surface area contributed by atoms with Crippen molar-refractivity contribution < 1.29 is 28.6 Å². The number of unbranched alkanes of at least 4 members (excludes halogenated alkanes) is 41. The van der Waals surface area contributed by atoms with E-state index in [9.17, 15) is 14.4 Å². The number of ether oxygens (including phenoxy) is 3. The van der Waals surface area contributed by atoms with E-state index in [2.05, 4.69) is 81.5 Å². The number of rotatable bonds is 62. The van der Waals surface area contributed by atoms with Crippen LogP contribution in [0.2, 0.25) is 0 Å². The molecule has 0 spiro atoms. The van der Waals surface area contributed by atoms with Crippen LogP contribution < -0.4 is 0 Å². The highest BCUT2D eigenvalue weighted by Gasteiger charge is 2.19. The van der Waals surface area contributed by atoms with Crippen LogP contribution in [0.4, 0.5) is 0 Å². The van der Waals surface area contributed by atoms with Crippen LogP contribution in [0.5, 0.6) is 0 Å². The number of carbonyl (C=O) groups excluding carboxylic acids is 3. The number of allylic oxidation sites excluding steroid dienone is 10. The molecule has 0 heterocycles. The van der Waals surface area contributed by atoms with Crippen LogP contribution in [-0.2, 0) is 28.6 Å². The Bertz CT molecular complexity index is 1380. The maximum atomic E-state index is 12.9. The lowest BCUT2D eigenvalue weighted by molar-refractivity contribution is -0.167. The van der Waals surface area contributed by atoms with E-state index < -0.39 is 6.10 Å². The first kappa shape index (κ1) is 74.1. The smallest absolute Gasteiger partial charge is 0.306 e. The van der Waals surface area contributed by atoms with E-state index in [4.69, 9.17) is 14.2 Å². The number of esters is 3. The molecule has 0 radical (unpaired) electrons. The van der Waals surface area contributed by atoms with Crippen molar-refractivity contribution in [3.05, 3.63) is 60.8 Å². The third-order valence-corrected chi connectivity index (χ3v) is 15.0. The monoisotopic (exact) mass is 1080 g/mol. The van der Waals surface area contributed by atoms with Crippen LogP contribution >= 0.6 is 0 Å². The minimum absolute atomic E-state index is 0.0700. The normalized spacial score (nSPS) is 12.4. The van der Waals surface area contributed by atoms with Crippen LogP contribution in [0.15, 0.2) is 60.8 Å². The van der Waals surface area contributed by atoms with E-state index >= 15 is 0 Å². The van der Waals surface area contributed by atoms with E-state index in [0.29, 0.717) is 19.3 Å². The van der Waals surface area contributed by atoms with Gasteiger partial charge in [-0.3, -0.25) is 14.4 Å². The zero-order valence-electron chi connectivity index (χ0n) is 51.5. The van der Waals surface area contributed by atoms with Gasteiger partial charge in [0.15, 0.2) is 6.10 Å². The van der Waals surface area contributed by atoms with Gasteiger partial charge in [0.05, 0.1) is 0 Å². The highest BCUT2D eigenvalue weighted by molar-refractivity contribution is 5.71. The third kappa shape index (κ3) is 63.8. The van der Waals surface area contributed by atoms with Crippen molar-refractivity contribution in [2.45, 2.75) is 361 Å². The highest BCUT2D eigenvalue weighted by atomic mass is 16.6. The summed E-state index contributed by atoms with van der Waals surface area (Å²) in [6, 6.07) is 0. The number of hydrogen-bond acceptors (Lipinski definition) is 6. The molecule has 0 N–H and O–H groups in total. The molecule has 6 nitrogen and oxygen atoms in total.